The number of nitrogens with zero attached hydrogens (tertiary/aromatic N) is 2. The van der Waals surface area contributed by atoms with Gasteiger partial charge in [0.05, 0.1) is 5.70 Å². The number of aryl methyl sites for hydroxylation is 1. The van der Waals surface area contributed by atoms with Crippen LogP contribution in [0.3, 0.4) is 0 Å². The second kappa shape index (κ2) is 5.52. The molecule has 0 saturated heterocycles. The average Bonchev–Trinajstić information content (AvgIpc) is 2.90. The lowest BCUT2D eigenvalue weighted by Crippen LogP contribution is -2.14. The Morgan fingerprint density at radius 2 is 2.05 bits per heavy atom. The summed E-state index contributed by atoms with van der Waals surface area (Å²) in [5.74, 6) is -0.348. The molecule has 0 aliphatic rings. The number of carbonyl (C=O) groups is 1. The van der Waals surface area contributed by atoms with Crippen LogP contribution >= 0.6 is 0 Å². The van der Waals surface area contributed by atoms with E-state index in [1.54, 1.807) is 23.1 Å². The normalized spacial score (nSPS) is 11.9. The predicted molar refractivity (Wildman–Crippen MR) is 73.2 cm³/mol. The first-order chi connectivity index (χ1) is 9.08. The van der Waals surface area contributed by atoms with Gasteiger partial charge in [-0.05, 0) is 18.6 Å². The molecule has 1 aromatic heterocycles. The molecule has 19 heavy (non-hydrogen) atoms. The van der Waals surface area contributed by atoms with Gasteiger partial charge < -0.3 is 4.74 Å². The van der Waals surface area contributed by atoms with Gasteiger partial charge in [0.15, 0.2) is 6.10 Å². The Labute approximate surface area is 112 Å². The SMILES string of the molecule is C=C(C(OC(C)=O)c1ccc(C)cc1)n1cccn1. The number of hydrogen-bond donors (Lipinski definition) is 0. The van der Waals surface area contributed by atoms with Crippen LogP contribution in [-0.4, -0.2) is 15.7 Å². The van der Waals surface area contributed by atoms with Crippen molar-refractivity contribution >= 4 is 11.7 Å². The van der Waals surface area contributed by atoms with Crippen molar-refractivity contribution in [2.24, 2.45) is 0 Å². The lowest BCUT2D eigenvalue weighted by Gasteiger charge is -2.20. The number of ether oxygens (including phenoxy) is 1. The van der Waals surface area contributed by atoms with Crippen LogP contribution in [0.15, 0.2) is 49.3 Å². The zero-order chi connectivity index (χ0) is 13.8. The molecule has 0 N–H and O–H groups in total. The molecule has 1 unspecified atom stereocenters. The third-order valence-corrected chi connectivity index (χ3v) is 2.77. The predicted octanol–water partition coefficient (Wildman–Crippen LogP) is 2.97. The van der Waals surface area contributed by atoms with Crippen molar-refractivity contribution in [1.29, 1.82) is 0 Å². The first-order valence-corrected chi connectivity index (χ1v) is 6.00. The molecule has 0 radical (unpaired) electrons. The zero-order valence-electron chi connectivity index (χ0n) is 11.0. The summed E-state index contributed by atoms with van der Waals surface area (Å²) in [6.45, 7) is 7.37. The van der Waals surface area contributed by atoms with Crippen LogP contribution in [0.5, 0.6) is 0 Å². The number of carbonyl (C=O) groups excluding carboxylic acids is 1. The smallest absolute Gasteiger partial charge is 0.303 e. The van der Waals surface area contributed by atoms with Gasteiger partial charge >= 0.3 is 5.97 Å². The fraction of sp³-hybridized carbons (Fsp3) is 0.200. The molecule has 0 bridgehead atoms. The standard InChI is InChI=1S/C15H16N2O2/c1-11-5-7-14(8-6-11)15(19-13(3)18)12(2)17-10-4-9-16-17/h4-10,15H,2H2,1,3H3. The summed E-state index contributed by atoms with van der Waals surface area (Å²) >= 11 is 0. The maximum Gasteiger partial charge on any atom is 0.303 e. The van der Waals surface area contributed by atoms with Gasteiger partial charge in [0, 0.05) is 19.3 Å². The van der Waals surface area contributed by atoms with Crippen molar-refractivity contribution in [3.05, 3.63) is 60.4 Å². The van der Waals surface area contributed by atoms with Crippen LogP contribution in [0.1, 0.15) is 24.2 Å². The maximum atomic E-state index is 11.3. The van der Waals surface area contributed by atoms with Gasteiger partial charge in [-0.15, -0.1) is 0 Å². The van der Waals surface area contributed by atoms with E-state index in [0.29, 0.717) is 5.70 Å². The van der Waals surface area contributed by atoms with Crippen molar-refractivity contribution in [3.63, 3.8) is 0 Å². The third kappa shape index (κ3) is 3.10. The largest absolute Gasteiger partial charge is 0.451 e. The summed E-state index contributed by atoms with van der Waals surface area (Å²) in [7, 11) is 0. The summed E-state index contributed by atoms with van der Waals surface area (Å²) in [6, 6.07) is 9.60. The van der Waals surface area contributed by atoms with E-state index in [1.807, 2.05) is 31.2 Å². The number of rotatable bonds is 4. The molecule has 0 aliphatic heterocycles. The molecule has 1 atom stereocenters. The monoisotopic (exact) mass is 256 g/mol. The number of hydrogen-bond acceptors (Lipinski definition) is 3. The van der Waals surface area contributed by atoms with Crippen LogP contribution in [0, 0.1) is 6.92 Å². The van der Waals surface area contributed by atoms with Gasteiger partial charge in [-0.2, -0.15) is 5.10 Å². The summed E-state index contributed by atoms with van der Waals surface area (Å²) in [5, 5.41) is 4.11. The molecule has 1 heterocycles. The molecule has 0 saturated carbocycles. The molecule has 0 fully saturated rings. The van der Waals surface area contributed by atoms with E-state index in [0.717, 1.165) is 11.1 Å². The highest BCUT2D eigenvalue weighted by atomic mass is 16.5. The second-order valence-electron chi connectivity index (χ2n) is 4.34. The lowest BCUT2D eigenvalue weighted by atomic mass is 10.1. The van der Waals surface area contributed by atoms with Crippen LogP contribution in [0.2, 0.25) is 0 Å². The third-order valence-electron chi connectivity index (χ3n) is 2.77. The van der Waals surface area contributed by atoms with Crippen LogP contribution in [0.25, 0.3) is 5.70 Å². The topological polar surface area (TPSA) is 44.1 Å². The van der Waals surface area contributed by atoms with Crippen molar-refractivity contribution in [3.8, 4) is 0 Å². The van der Waals surface area contributed by atoms with E-state index >= 15 is 0 Å². The second-order valence-corrected chi connectivity index (χ2v) is 4.34. The number of esters is 1. The molecule has 2 rings (SSSR count). The van der Waals surface area contributed by atoms with Crippen molar-refractivity contribution < 1.29 is 9.53 Å². The highest BCUT2D eigenvalue weighted by molar-refractivity contribution is 5.68. The Hall–Kier alpha value is -2.36. The maximum absolute atomic E-state index is 11.3. The van der Waals surface area contributed by atoms with Gasteiger partial charge in [-0.1, -0.05) is 36.4 Å². The summed E-state index contributed by atoms with van der Waals surface area (Å²) in [5.41, 5.74) is 2.63. The quantitative estimate of drug-likeness (QED) is 0.790. The van der Waals surface area contributed by atoms with Gasteiger partial charge in [0.1, 0.15) is 0 Å². The van der Waals surface area contributed by atoms with Gasteiger partial charge in [-0.25, -0.2) is 4.68 Å². The van der Waals surface area contributed by atoms with E-state index in [4.69, 9.17) is 4.74 Å². The molecule has 0 aliphatic carbocycles. The minimum absolute atomic E-state index is 0.348. The van der Waals surface area contributed by atoms with Gasteiger partial charge in [0.25, 0.3) is 0 Å². The van der Waals surface area contributed by atoms with E-state index in [1.165, 1.54) is 6.92 Å². The van der Waals surface area contributed by atoms with Crippen LogP contribution in [0.4, 0.5) is 0 Å². The fourth-order valence-corrected chi connectivity index (χ4v) is 1.79. The fourth-order valence-electron chi connectivity index (χ4n) is 1.79. The molecular weight excluding hydrogens is 240 g/mol. The van der Waals surface area contributed by atoms with Crippen LogP contribution in [-0.2, 0) is 9.53 Å². The summed E-state index contributed by atoms with van der Waals surface area (Å²) in [6.07, 6.45) is 2.90. The highest BCUT2D eigenvalue weighted by Crippen LogP contribution is 2.27. The highest BCUT2D eigenvalue weighted by Gasteiger charge is 2.20. The van der Waals surface area contributed by atoms with E-state index in [-0.39, 0.29) is 5.97 Å². The molecule has 4 nitrogen and oxygen atoms in total. The number of benzene rings is 1. The molecule has 4 heteroatoms. The van der Waals surface area contributed by atoms with E-state index < -0.39 is 6.10 Å². The average molecular weight is 256 g/mol. The van der Waals surface area contributed by atoms with Crippen molar-refractivity contribution in [2.45, 2.75) is 20.0 Å². The molecule has 0 amide bonds. The Morgan fingerprint density at radius 3 is 2.58 bits per heavy atom. The molecule has 2 aromatic rings. The Balaban J connectivity index is 2.33. The first-order valence-electron chi connectivity index (χ1n) is 6.00. The Kier molecular flexibility index (Phi) is 3.80. The first kappa shape index (κ1) is 13.1. The molecule has 0 spiro atoms. The summed E-state index contributed by atoms with van der Waals surface area (Å²) in [4.78, 5) is 11.3. The Bertz CT molecular complexity index is 571. The van der Waals surface area contributed by atoms with Crippen molar-refractivity contribution in [1.82, 2.24) is 9.78 Å². The zero-order valence-corrected chi connectivity index (χ0v) is 11.0. The molecule has 1 aromatic carbocycles. The minimum atomic E-state index is -0.530. The molecule has 98 valence electrons. The van der Waals surface area contributed by atoms with Gasteiger partial charge in [0.2, 0.25) is 0 Å². The van der Waals surface area contributed by atoms with Gasteiger partial charge in [-0.3, -0.25) is 4.79 Å². The minimum Gasteiger partial charge on any atom is -0.451 e. The van der Waals surface area contributed by atoms with Crippen LogP contribution < -0.4 is 0 Å². The Morgan fingerprint density at radius 1 is 1.37 bits per heavy atom. The van der Waals surface area contributed by atoms with E-state index in [9.17, 15) is 4.79 Å². The van der Waals surface area contributed by atoms with Crippen molar-refractivity contribution in [2.75, 3.05) is 0 Å². The van der Waals surface area contributed by atoms with E-state index in [2.05, 4.69) is 11.7 Å². The molecular formula is C15H16N2O2. The number of aromatic nitrogens is 2. The summed E-state index contributed by atoms with van der Waals surface area (Å²) < 4.78 is 6.97. The lowest BCUT2D eigenvalue weighted by molar-refractivity contribution is -0.144.